The van der Waals surface area contributed by atoms with Crippen LogP contribution in [0.25, 0.3) is 10.6 Å². The van der Waals surface area contributed by atoms with Crippen LogP contribution in [-0.2, 0) is 5.54 Å². The van der Waals surface area contributed by atoms with Crippen LogP contribution in [0.3, 0.4) is 0 Å². The second-order valence-electron chi connectivity index (χ2n) is 3.82. The van der Waals surface area contributed by atoms with Gasteiger partial charge in [0.1, 0.15) is 11.3 Å². The monoisotopic (exact) mass is 222 g/mol. The molecular formula is C11H14N2OS. The van der Waals surface area contributed by atoms with E-state index in [-0.39, 0.29) is 5.54 Å². The molecule has 0 aliphatic heterocycles. The van der Waals surface area contributed by atoms with Crippen LogP contribution in [0, 0.1) is 0 Å². The average molecular weight is 222 g/mol. The first-order valence-electron chi connectivity index (χ1n) is 4.91. The summed E-state index contributed by atoms with van der Waals surface area (Å²) in [5.41, 5.74) is 7.75. The third-order valence-electron chi connectivity index (χ3n) is 2.59. The molecule has 0 saturated heterocycles. The topological polar surface area (TPSA) is 52.0 Å². The molecule has 80 valence electrons. The number of aromatic nitrogens is 1. The van der Waals surface area contributed by atoms with Gasteiger partial charge in [0, 0.05) is 10.9 Å². The molecule has 2 heterocycles. The van der Waals surface area contributed by atoms with Crippen molar-refractivity contribution < 1.29 is 4.42 Å². The van der Waals surface area contributed by atoms with Gasteiger partial charge in [-0.25, -0.2) is 4.98 Å². The fourth-order valence-corrected chi connectivity index (χ4v) is 2.18. The Kier molecular flexibility index (Phi) is 2.63. The standard InChI is InChI=1S/C11H14N2OS/c1-3-11(2,12)9-7-15-10(13-9)8-4-5-14-6-8/h4-7H,3,12H2,1-2H3. The summed E-state index contributed by atoms with van der Waals surface area (Å²) >= 11 is 1.60. The van der Waals surface area contributed by atoms with E-state index in [0.717, 1.165) is 22.7 Å². The Morgan fingerprint density at radius 3 is 3.00 bits per heavy atom. The zero-order valence-corrected chi connectivity index (χ0v) is 9.67. The highest BCUT2D eigenvalue weighted by Crippen LogP contribution is 2.29. The van der Waals surface area contributed by atoms with Gasteiger partial charge >= 0.3 is 0 Å². The van der Waals surface area contributed by atoms with Crippen LogP contribution in [0.2, 0.25) is 0 Å². The fraction of sp³-hybridized carbons (Fsp3) is 0.364. The Bertz CT molecular complexity index is 431. The van der Waals surface area contributed by atoms with Gasteiger partial charge < -0.3 is 10.2 Å². The fourth-order valence-electron chi connectivity index (χ4n) is 1.24. The predicted octanol–water partition coefficient (Wildman–Crippen LogP) is 2.99. The minimum absolute atomic E-state index is 0.335. The summed E-state index contributed by atoms with van der Waals surface area (Å²) in [6.45, 7) is 4.07. The Balaban J connectivity index is 2.33. The summed E-state index contributed by atoms with van der Waals surface area (Å²) in [4.78, 5) is 4.53. The molecule has 1 atom stereocenters. The van der Waals surface area contributed by atoms with E-state index in [0.29, 0.717) is 0 Å². The molecule has 0 amide bonds. The van der Waals surface area contributed by atoms with E-state index in [1.807, 2.05) is 18.4 Å². The molecular weight excluding hydrogens is 208 g/mol. The van der Waals surface area contributed by atoms with Gasteiger partial charge in [0.2, 0.25) is 0 Å². The lowest BCUT2D eigenvalue weighted by molar-refractivity contribution is 0.465. The van der Waals surface area contributed by atoms with Crippen molar-refractivity contribution in [2.45, 2.75) is 25.8 Å². The van der Waals surface area contributed by atoms with E-state index in [9.17, 15) is 0 Å². The molecule has 0 radical (unpaired) electrons. The Morgan fingerprint density at radius 2 is 2.40 bits per heavy atom. The molecule has 0 bridgehead atoms. The van der Waals surface area contributed by atoms with Gasteiger partial charge in [-0.05, 0) is 19.4 Å². The maximum Gasteiger partial charge on any atom is 0.126 e. The molecule has 4 heteroatoms. The molecule has 15 heavy (non-hydrogen) atoms. The highest BCUT2D eigenvalue weighted by molar-refractivity contribution is 7.13. The van der Waals surface area contributed by atoms with Gasteiger partial charge in [-0.3, -0.25) is 0 Å². The van der Waals surface area contributed by atoms with E-state index in [4.69, 9.17) is 10.2 Å². The first-order chi connectivity index (χ1) is 7.13. The minimum Gasteiger partial charge on any atom is -0.472 e. The average Bonchev–Trinajstić information content (AvgIpc) is 2.88. The summed E-state index contributed by atoms with van der Waals surface area (Å²) in [5.74, 6) is 0. The van der Waals surface area contributed by atoms with Crippen LogP contribution in [0.1, 0.15) is 26.0 Å². The number of thiazole rings is 1. The summed E-state index contributed by atoms with van der Waals surface area (Å²) < 4.78 is 5.03. The Morgan fingerprint density at radius 1 is 1.60 bits per heavy atom. The van der Waals surface area contributed by atoms with Crippen molar-refractivity contribution in [2.75, 3.05) is 0 Å². The minimum atomic E-state index is -0.335. The maximum atomic E-state index is 6.12. The van der Waals surface area contributed by atoms with Gasteiger partial charge in [0.25, 0.3) is 0 Å². The molecule has 2 aromatic rings. The summed E-state index contributed by atoms with van der Waals surface area (Å²) in [6, 6.07) is 1.91. The molecule has 2 N–H and O–H groups in total. The van der Waals surface area contributed by atoms with Crippen molar-refractivity contribution in [1.29, 1.82) is 0 Å². The lowest BCUT2D eigenvalue weighted by Gasteiger charge is -2.19. The van der Waals surface area contributed by atoms with E-state index in [1.165, 1.54) is 0 Å². The molecule has 2 rings (SSSR count). The number of hydrogen-bond acceptors (Lipinski definition) is 4. The van der Waals surface area contributed by atoms with Crippen LogP contribution >= 0.6 is 11.3 Å². The van der Waals surface area contributed by atoms with Gasteiger partial charge in [-0.15, -0.1) is 11.3 Å². The molecule has 0 aliphatic carbocycles. The zero-order chi connectivity index (χ0) is 10.9. The van der Waals surface area contributed by atoms with E-state index in [2.05, 4.69) is 11.9 Å². The second-order valence-corrected chi connectivity index (χ2v) is 4.68. The predicted molar refractivity (Wildman–Crippen MR) is 61.6 cm³/mol. The van der Waals surface area contributed by atoms with E-state index < -0.39 is 0 Å². The normalized spacial score (nSPS) is 15.1. The first kappa shape index (κ1) is 10.4. The second kappa shape index (κ2) is 3.79. The number of hydrogen-bond donors (Lipinski definition) is 1. The van der Waals surface area contributed by atoms with Crippen molar-refractivity contribution in [3.8, 4) is 10.6 Å². The zero-order valence-electron chi connectivity index (χ0n) is 8.86. The van der Waals surface area contributed by atoms with E-state index in [1.54, 1.807) is 23.9 Å². The summed E-state index contributed by atoms with van der Waals surface area (Å²) in [6.07, 6.45) is 4.22. The lowest BCUT2D eigenvalue weighted by Crippen LogP contribution is -2.32. The van der Waals surface area contributed by atoms with Gasteiger partial charge in [0.05, 0.1) is 17.5 Å². The van der Waals surface area contributed by atoms with Crippen molar-refractivity contribution >= 4 is 11.3 Å². The van der Waals surface area contributed by atoms with Gasteiger partial charge in [0.15, 0.2) is 0 Å². The highest BCUT2D eigenvalue weighted by Gasteiger charge is 2.22. The van der Waals surface area contributed by atoms with Crippen molar-refractivity contribution in [1.82, 2.24) is 4.98 Å². The SMILES string of the molecule is CCC(C)(N)c1csc(-c2ccoc2)n1. The van der Waals surface area contributed by atoms with Gasteiger partial charge in [-0.1, -0.05) is 6.92 Å². The lowest BCUT2D eigenvalue weighted by atomic mass is 9.97. The molecule has 0 fully saturated rings. The molecule has 0 saturated carbocycles. The number of furan rings is 1. The van der Waals surface area contributed by atoms with Gasteiger partial charge in [-0.2, -0.15) is 0 Å². The first-order valence-corrected chi connectivity index (χ1v) is 5.79. The number of nitrogens with zero attached hydrogens (tertiary/aromatic N) is 1. The molecule has 2 aromatic heterocycles. The third kappa shape index (κ3) is 1.96. The maximum absolute atomic E-state index is 6.12. The van der Waals surface area contributed by atoms with Crippen LogP contribution in [-0.4, -0.2) is 4.98 Å². The van der Waals surface area contributed by atoms with Crippen molar-refractivity contribution in [3.05, 3.63) is 29.7 Å². The molecule has 0 spiro atoms. The van der Waals surface area contributed by atoms with Crippen molar-refractivity contribution in [3.63, 3.8) is 0 Å². The Hall–Kier alpha value is -1.13. The molecule has 3 nitrogen and oxygen atoms in total. The third-order valence-corrected chi connectivity index (χ3v) is 3.48. The summed E-state index contributed by atoms with van der Waals surface area (Å²) in [5, 5.41) is 2.98. The molecule has 0 aliphatic rings. The largest absolute Gasteiger partial charge is 0.472 e. The van der Waals surface area contributed by atoms with Crippen molar-refractivity contribution in [2.24, 2.45) is 5.73 Å². The van der Waals surface area contributed by atoms with Crippen LogP contribution < -0.4 is 5.73 Å². The quantitative estimate of drug-likeness (QED) is 0.868. The smallest absolute Gasteiger partial charge is 0.126 e. The van der Waals surface area contributed by atoms with Crippen LogP contribution in [0.15, 0.2) is 28.4 Å². The number of rotatable bonds is 3. The molecule has 1 unspecified atom stereocenters. The highest BCUT2D eigenvalue weighted by atomic mass is 32.1. The Labute approximate surface area is 92.9 Å². The number of nitrogens with two attached hydrogens (primary N) is 1. The van der Waals surface area contributed by atoms with Crippen LogP contribution in [0.5, 0.6) is 0 Å². The molecule has 0 aromatic carbocycles. The van der Waals surface area contributed by atoms with E-state index >= 15 is 0 Å². The summed E-state index contributed by atoms with van der Waals surface area (Å²) in [7, 11) is 0. The van der Waals surface area contributed by atoms with Crippen LogP contribution in [0.4, 0.5) is 0 Å².